The van der Waals surface area contributed by atoms with Crippen LogP contribution in [0.1, 0.15) is 102 Å². The Bertz CT molecular complexity index is 1050. The molecule has 1 aliphatic heterocycles. The topological polar surface area (TPSA) is 12.5 Å². The van der Waals surface area contributed by atoms with E-state index >= 15 is 0 Å². The summed E-state index contributed by atoms with van der Waals surface area (Å²) in [5.74, 6) is 4.04. The maximum Gasteiger partial charge on any atom is 0.119 e. The van der Waals surface area contributed by atoms with Gasteiger partial charge in [-0.05, 0) is 136 Å². The minimum absolute atomic E-state index is 0.627. The molecule has 0 spiro atoms. The highest BCUT2D eigenvalue weighted by atomic mass is 35.5. The Labute approximate surface area is 243 Å². The second-order valence-corrected chi connectivity index (χ2v) is 13.3. The van der Waals surface area contributed by atoms with Gasteiger partial charge in [0.1, 0.15) is 5.75 Å². The molecule has 2 nitrogen and oxygen atoms in total. The summed E-state index contributed by atoms with van der Waals surface area (Å²) in [5, 5.41) is 0.803. The van der Waals surface area contributed by atoms with Gasteiger partial charge in [-0.25, -0.2) is 0 Å². The highest BCUT2D eigenvalue weighted by Crippen LogP contribution is 2.51. The van der Waals surface area contributed by atoms with Crippen LogP contribution < -0.4 is 4.74 Å². The molecular formula is C36H50ClNO. The third kappa shape index (κ3) is 7.92. The minimum atomic E-state index is 0.627. The van der Waals surface area contributed by atoms with E-state index in [1.54, 1.807) is 5.57 Å². The molecule has 2 saturated carbocycles. The third-order valence-electron chi connectivity index (χ3n) is 9.60. The number of allylic oxidation sites excluding steroid dienone is 1. The van der Waals surface area contributed by atoms with Crippen molar-refractivity contribution in [2.24, 2.45) is 23.7 Å². The molecule has 3 fully saturated rings. The van der Waals surface area contributed by atoms with Gasteiger partial charge in [-0.3, -0.25) is 0 Å². The van der Waals surface area contributed by atoms with Crippen molar-refractivity contribution in [3.8, 4) is 5.75 Å². The summed E-state index contributed by atoms with van der Waals surface area (Å²) in [6.45, 7) is 9.64. The van der Waals surface area contributed by atoms with Gasteiger partial charge >= 0.3 is 0 Å². The summed E-state index contributed by atoms with van der Waals surface area (Å²) in [7, 11) is 0. The van der Waals surface area contributed by atoms with E-state index in [9.17, 15) is 0 Å². The molecule has 0 N–H and O–H groups in total. The number of rotatable bonds is 10. The van der Waals surface area contributed by atoms with Crippen molar-refractivity contribution in [1.82, 2.24) is 4.90 Å². The van der Waals surface area contributed by atoms with Crippen molar-refractivity contribution in [3.63, 3.8) is 0 Å². The third-order valence-corrected chi connectivity index (χ3v) is 9.85. The Hall–Kier alpha value is -1.77. The molecule has 2 bridgehead atoms. The first kappa shape index (κ1) is 28.7. The van der Waals surface area contributed by atoms with Gasteiger partial charge in [0, 0.05) is 5.02 Å². The fraction of sp³-hybridized carbons (Fsp3) is 0.611. The number of likely N-dealkylation sites (tertiary alicyclic amines) is 1. The Kier molecular flexibility index (Phi) is 10.5. The zero-order valence-corrected chi connectivity index (χ0v) is 25.2. The van der Waals surface area contributed by atoms with Crippen molar-refractivity contribution >= 4 is 17.2 Å². The predicted octanol–water partition coefficient (Wildman–Crippen LogP) is 10.0. The number of nitrogens with zero attached hydrogens (tertiary/aromatic N) is 1. The molecule has 2 aliphatic carbocycles. The lowest BCUT2D eigenvalue weighted by Gasteiger charge is -2.44. The molecule has 1 heterocycles. The number of hydrogen-bond donors (Lipinski definition) is 0. The molecule has 2 aromatic rings. The molecule has 39 heavy (non-hydrogen) atoms. The quantitative estimate of drug-likeness (QED) is 0.274. The summed E-state index contributed by atoms with van der Waals surface area (Å²) in [6.07, 6.45) is 16.1. The minimum Gasteiger partial charge on any atom is -0.494 e. The fourth-order valence-corrected chi connectivity index (χ4v) is 7.97. The van der Waals surface area contributed by atoms with Gasteiger partial charge in [-0.2, -0.15) is 0 Å². The Morgan fingerprint density at radius 3 is 2.15 bits per heavy atom. The highest BCUT2D eigenvalue weighted by molar-refractivity contribution is 6.30. The first-order valence-electron chi connectivity index (χ1n) is 16.0. The van der Waals surface area contributed by atoms with Crippen molar-refractivity contribution in [2.45, 2.75) is 90.9 Å². The summed E-state index contributed by atoms with van der Waals surface area (Å²) in [4.78, 5) is 2.68. The van der Waals surface area contributed by atoms with Crippen LogP contribution in [0.25, 0.3) is 5.57 Å². The fourth-order valence-electron chi connectivity index (χ4n) is 7.85. The number of hydrogen-bond acceptors (Lipinski definition) is 2. The summed E-state index contributed by atoms with van der Waals surface area (Å²) in [5.41, 5.74) is 5.73. The van der Waals surface area contributed by atoms with Gasteiger partial charge in [0.2, 0.25) is 0 Å². The van der Waals surface area contributed by atoms with Crippen molar-refractivity contribution in [1.29, 1.82) is 0 Å². The Morgan fingerprint density at radius 1 is 0.769 bits per heavy atom. The van der Waals surface area contributed by atoms with E-state index in [0.29, 0.717) is 11.8 Å². The van der Waals surface area contributed by atoms with Gasteiger partial charge in [0.25, 0.3) is 0 Å². The molecule has 1 saturated heterocycles. The number of ether oxygens (including phenoxy) is 1. The summed E-state index contributed by atoms with van der Waals surface area (Å²) >= 11 is 6.30. The highest BCUT2D eigenvalue weighted by Gasteiger charge is 2.38. The summed E-state index contributed by atoms with van der Waals surface area (Å²) < 4.78 is 6.18. The maximum absolute atomic E-state index is 6.30. The van der Waals surface area contributed by atoms with Crippen LogP contribution in [0.2, 0.25) is 5.02 Å². The predicted molar refractivity (Wildman–Crippen MR) is 167 cm³/mol. The molecule has 4 atom stereocenters. The molecule has 0 amide bonds. The second kappa shape index (κ2) is 14.2. The lowest BCUT2D eigenvalue weighted by molar-refractivity contribution is 0.163. The van der Waals surface area contributed by atoms with E-state index in [1.807, 2.05) is 12.1 Å². The number of halogens is 1. The number of benzene rings is 2. The lowest BCUT2D eigenvalue weighted by Crippen LogP contribution is -2.32. The molecule has 212 valence electrons. The SMILES string of the molecule is CC1C[C@@H]2C[C@H](C)C[C@H](C2)/C1=C(\c1ccc(Cl)cc1)c1ccc(OCCCCCCN2CCCCCC2)cc1. The molecule has 3 heteroatoms. The molecule has 0 radical (unpaired) electrons. The van der Waals surface area contributed by atoms with Crippen LogP contribution in [-0.2, 0) is 0 Å². The van der Waals surface area contributed by atoms with Gasteiger partial charge in [-0.15, -0.1) is 0 Å². The Morgan fingerprint density at radius 2 is 1.44 bits per heavy atom. The lowest BCUT2D eigenvalue weighted by atomic mass is 9.61. The zero-order chi connectivity index (χ0) is 27.0. The van der Waals surface area contributed by atoms with Crippen LogP contribution in [0.3, 0.4) is 0 Å². The largest absolute Gasteiger partial charge is 0.494 e. The standard InChI is InChI=1S/C36H50ClNO/c1-27-23-29-25-28(2)35(32(24-27)26-29)36(30-11-15-33(37)16-12-30)31-13-17-34(18-14-31)39-22-10-6-5-9-21-38-19-7-3-4-8-20-38/h11-18,27-29,32H,3-10,19-26H2,1-2H3/b36-35+/t27-,28?,29-,32+/m0/s1. The summed E-state index contributed by atoms with van der Waals surface area (Å²) in [6, 6.07) is 17.5. The van der Waals surface area contributed by atoms with E-state index in [4.69, 9.17) is 16.3 Å². The van der Waals surface area contributed by atoms with Gasteiger partial charge in [0.15, 0.2) is 0 Å². The maximum atomic E-state index is 6.30. The van der Waals surface area contributed by atoms with Crippen LogP contribution in [0.15, 0.2) is 54.1 Å². The van der Waals surface area contributed by atoms with E-state index in [0.717, 1.165) is 35.6 Å². The van der Waals surface area contributed by atoms with Gasteiger partial charge in [-0.1, -0.05) is 81.0 Å². The van der Waals surface area contributed by atoms with E-state index in [-0.39, 0.29) is 0 Å². The average Bonchev–Trinajstić information content (AvgIpc) is 3.20. The smallest absolute Gasteiger partial charge is 0.119 e. The van der Waals surface area contributed by atoms with E-state index in [1.165, 1.54) is 107 Å². The van der Waals surface area contributed by atoms with Crippen LogP contribution in [0.4, 0.5) is 0 Å². The Balaban J connectivity index is 1.20. The molecule has 5 rings (SSSR count). The number of fused-ring (bicyclic) bond motifs is 2. The van der Waals surface area contributed by atoms with E-state index < -0.39 is 0 Å². The second-order valence-electron chi connectivity index (χ2n) is 12.9. The van der Waals surface area contributed by atoms with Crippen molar-refractivity contribution in [2.75, 3.05) is 26.2 Å². The first-order chi connectivity index (χ1) is 19.1. The molecule has 0 aromatic heterocycles. The van der Waals surface area contributed by atoms with Gasteiger partial charge < -0.3 is 9.64 Å². The molecule has 2 aromatic carbocycles. The van der Waals surface area contributed by atoms with Crippen LogP contribution in [0.5, 0.6) is 5.75 Å². The van der Waals surface area contributed by atoms with Crippen LogP contribution in [-0.4, -0.2) is 31.1 Å². The molecule has 3 aliphatic rings. The van der Waals surface area contributed by atoms with Gasteiger partial charge in [0.05, 0.1) is 6.61 Å². The molecular weight excluding hydrogens is 498 g/mol. The van der Waals surface area contributed by atoms with E-state index in [2.05, 4.69) is 55.1 Å². The zero-order valence-electron chi connectivity index (χ0n) is 24.5. The van der Waals surface area contributed by atoms with Crippen molar-refractivity contribution in [3.05, 3.63) is 70.3 Å². The number of unbranched alkanes of at least 4 members (excludes halogenated alkanes) is 3. The first-order valence-corrected chi connectivity index (χ1v) is 16.4. The average molecular weight is 548 g/mol. The van der Waals surface area contributed by atoms with Crippen LogP contribution in [0, 0.1) is 23.7 Å². The van der Waals surface area contributed by atoms with Crippen LogP contribution >= 0.6 is 11.6 Å². The van der Waals surface area contributed by atoms with Crippen molar-refractivity contribution < 1.29 is 4.74 Å². The monoisotopic (exact) mass is 547 g/mol. The normalized spacial score (nSPS) is 27.2. The molecule has 1 unspecified atom stereocenters.